The Labute approximate surface area is 140 Å². The second-order valence-electron chi connectivity index (χ2n) is 7.12. The van der Waals surface area contributed by atoms with Crippen LogP contribution in [0.4, 0.5) is 0 Å². The first kappa shape index (κ1) is 21.5. The molecule has 0 saturated heterocycles. The van der Waals surface area contributed by atoms with Gasteiger partial charge < -0.3 is 15.3 Å². The number of hydrogen-bond donors (Lipinski definition) is 2. The maximum absolute atomic E-state index is 12.2. The number of carbonyl (C=O) groups excluding carboxylic acids is 2. The fraction of sp³-hybridized carbons (Fsp3) is 0.778. The van der Waals surface area contributed by atoms with E-state index in [1.807, 2.05) is 20.8 Å². The highest BCUT2D eigenvalue weighted by Gasteiger charge is 2.33. The summed E-state index contributed by atoms with van der Waals surface area (Å²) in [5.41, 5.74) is -1.40. The van der Waals surface area contributed by atoms with Crippen molar-refractivity contribution in [1.29, 1.82) is 0 Å². The number of aliphatic hydroxyl groups is 1. The molecular formula is C18H32N2O3. The quantitative estimate of drug-likeness (QED) is 0.477. The number of β-amino-alcohol motifs (C(OH)–C–C–N with tert-alkyl or cyclic N) is 1. The Kier molecular flexibility index (Phi) is 8.93. The van der Waals surface area contributed by atoms with E-state index in [9.17, 15) is 14.7 Å². The molecule has 2 amide bonds. The fourth-order valence-corrected chi connectivity index (χ4v) is 2.30. The summed E-state index contributed by atoms with van der Waals surface area (Å²) < 4.78 is 0. The molecule has 0 aliphatic carbocycles. The van der Waals surface area contributed by atoms with Gasteiger partial charge >= 0.3 is 0 Å². The number of amides is 2. The summed E-state index contributed by atoms with van der Waals surface area (Å²) in [6.07, 6.45) is 7.87. The molecule has 0 spiro atoms. The smallest absolute Gasteiger partial charge is 0.222 e. The van der Waals surface area contributed by atoms with Gasteiger partial charge in [-0.2, -0.15) is 0 Å². The largest absolute Gasteiger partial charge is 0.389 e. The molecule has 0 atom stereocenters. The van der Waals surface area contributed by atoms with Crippen LogP contribution in [0.25, 0.3) is 0 Å². The molecule has 2 N–H and O–H groups in total. The van der Waals surface area contributed by atoms with Gasteiger partial charge in [0.15, 0.2) is 0 Å². The first-order valence-electron chi connectivity index (χ1n) is 8.26. The van der Waals surface area contributed by atoms with Crippen molar-refractivity contribution < 1.29 is 14.7 Å². The van der Waals surface area contributed by atoms with Gasteiger partial charge in [0.25, 0.3) is 0 Å². The number of rotatable bonds is 10. The summed E-state index contributed by atoms with van der Waals surface area (Å²) in [5.74, 6) is 2.49. The highest BCUT2D eigenvalue weighted by molar-refractivity contribution is 5.77. The van der Waals surface area contributed by atoms with E-state index in [0.717, 1.165) is 0 Å². The number of nitrogens with one attached hydrogen (secondary N) is 1. The Morgan fingerprint density at radius 2 is 1.87 bits per heavy atom. The molecule has 0 rings (SSSR count). The van der Waals surface area contributed by atoms with Crippen LogP contribution in [-0.4, -0.2) is 46.1 Å². The molecule has 0 aliphatic heterocycles. The molecule has 0 heterocycles. The average molecular weight is 324 g/mol. The second kappa shape index (κ2) is 9.57. The van der Waals surface area contributed by atoms with Crippen molar-refractivity contribution in [3.05, 3.63) is 0 Å². The number of hydrogen-bond acceptors (Lipinski definition) is 3. The first-order valence-corrected chi connectivity index (χ1v) is 8.26. The van der Waals surface area contributed by atoms with Crippen LogP contribution in [0.3, 0.4) is 0 Å². The maximum atomic E-state index is 12.2. The molecule has 132 valence electrons. The second-order valence-corrected chi connectivity index (χ2v) is 7.12. The van der Waals surface area contributed by atoms with E-state index in [1.54, 1.807) is 18.7 Å². The van der Waals surface area contributed by atoms with Crippen LogP contribution in [-0.2, 0) is 9.59 Å². The fourth-order valence-electron chi connectivity index (χ4n) is 2.30. The van der Waals surface area contributed by atoms with Crippen molar-refractivity contribution in [3.63, 3.8) is 0 Å². The number of terminal acetylenes is 1. The summed E-state index contributed by atoms with van der Waals surface area (Å²) in [5, 5.41) is 12.9. The Hall–Kier alpha value is -1.54. The Morgan fingerprint density at radius 3 is 2.35 bits per heavy atom. The van der Waals surface area contributed by atoms with Gasteiger partial charge in [-0.3, -0.25) is 9.59 Å². The van der Waals surface area contributed by atoms with Gasteiger partial charge in [0.1, 0.15) is 0 Å². The molecule has 5 nitrogen and oxygen atoms in total. The van der Waals surface area contributed by atoms with Crippen molar-refractivity contribution in [2.75, 3.05) is 13.1 Å². The Bertz CT molecular complexity index is 431. The summed E-state index contributed by atoms with van der Waals surface area (Å²) in [6.45, 7) is 9.85. The van der Waals surface area contributed by atoms with E-state index >= 15 is 0 Å². The summed E-state index contributed by atoms with van der Waals surface area (Å²) in [6, 6.07) is 0. The SMILES string of the molecule is C#CCCCC(=O)NCCC(C)(C)N(CC(C)(C)O)C(=O)CC. The van der Waals surface area contributed by atoms with Gasteiger partial charge in [0.2, 0.25) is 11.8 Å². The molecule has 0 fully saturated rings. The van der Waals surface area contributed by atoms with Gasteiger partial charge in [-0.15, -0.1) is 12.3 Å². The lowest BCUT2D eigenvalue weighted by molar-refractivity contribution is -0.140. The highest BCUT2D eigenvalue weighted by atomic mass is 16.3. The number of unbranched alkanes of at least 4 members (excludes halogenated alkanes) is 1. The highest BCUT2D eigenvalue weighted by Crippen LogP contribution is 2.22. The van der Waals surface area contributed by atoms with E-state index in [4.69, 9.17) is 6.42 Å². The van der Waals surface area contributed by atoms with Gasteiger partial charge in [-0.25, -0.2) is 0 Å². The third-order valence-corrected chi connectivity index (χ3v) is 3.66. The average Bonchev–Trinajstić information content (AvgIpc) is 2.43. The van der Waals surface area contributed by atoms with Gasteiger partial charge in [-0.1, -0.05) is 6.92 Å². The maximum Gasteiger partial charge on any atom is 0.222 e. The molecule has 0 aromatic carbocycles. The zero-order valence-electron chi connectivity index (χ0n) is 15.2. The molecule has 0 aromatic rings. The van der Waals surface area contributed by atoms with E-state index in [2.05, 4.69) is 11.2 Å². The first-order chi connectivity index (χ1) is 10.5. The number of nitrogens with zero attached hydrogens (tertiary/aromatic N) is 1. The van der Waals surface area contributed by atoms with Gasteiger partial charge in [-0.05, 0) is 40.5 Å². The van der Waals surface area contributed by atoms with Crippen LogP contribution in [0.5, 0.6) is 0 Å². The van der Waals surface area contributed by atoms with Crippen LogP contribution in [0, 0.1) is 12.3 Å². The summed E-state index contributed by atoms with van der Waals surface area (Å²) in [7, 11) is 0. The monoisotopic (exact) mass is 324 g/mol. The lowest BCUT2D eigenvalue weighted by Gasteiger charge is -2.41. The molecule has 0 bridgehead atoms. The van der Waals surface area contributed by atoms with Gasteiger partial charge in [0.05, 0.1) is 5.60 Å². The minimum Gasteiger partial charge on any atom is -0.389 e. The zero-order valence-corrected chi connectivity index (χ0v) is 15.2. The Balaban J connectivity index is 4.58. The van der Waals surface area contributed by atoms with Crippen LogP contribution in [0.1, 0.15) is 66.7 Å². The molecule has 0 unspecified atom stereocenters. The van der Waals surface area contributed by atoms with E-state index in [-0.39, 0.29) is 18.4 Å². The van der Waals surface area contributed by atoms with Crippen LogP contribution in [0.2, 0.25) is 0 Å². The van der Waals surface area contributed by atoms with Crippen molar-refractivity contribution in [3.8, 4) is 12.3 Å². The third-order valence-electron chi connectivity index (χ3n) is 3.66. The molecular weight excluding hydrogens is 292 g/mol. The predicted octanol–water partition coefficient (Wildman–Crippen LogP) is 2.08. The minimum absolute atomic E-state index is 0.00234. The van der Waals surface area contributed by atoms with Crippen molar-refractivity contribution in [1.82, 2.24) is 10.2 Å². The predicted molar refractivity (Wildman–Crippen MR) is 92.7 cm³/mol. The summed E-state index contributed by atoms with van der Waals surface area (Å²) >= 11 is 0. The Morgan fingerprint density at radius 1 is 1.26 bits per heavy atom. The van der Waals surface area contributed by atoms with Crippen molar-refractivity contribution in [2.24, 2.45) is 0 Å². The molecule has 0 radical (unpaired) electrons. The third kappa shape index (κ3) is 9.25. The van der Waals surface area contributed by atoms with Crippen LogP contribution in [0.15, 0.2) is 0 Å². The molecule has 0 aliphatic rings. The summed E-state index contributed by atoms with van der Waals surface area (Å²) in [4.78, 5) is 25.6. The normalized spacial score (nSPS) is 11.7. The minimum atomic E-state index is -0.958. The zero-order chi connectivity index (χ0) is 18.1. The van der Waals surface area contributed by atoms with Crippen molar-refractivity contribution >= 4 is 11.8 Å². The molecule has 23 heavy (non-hydrogen) atoms. The standard InChI is InChI=1S/C18H32N2O3/c1-7-9-10-11-15(21)19-13-12-17(3,4)20(16(22)8-2)14-18(5,6)23/h1,23H,8-14H2,2-6H3,(H,19,21). The van der Waals surface area contributed by atoms with E-state index < -0.39 is 11.1 Å². The van der Waals surface area contributed by atoms with E-state index in [0.29, 0.717) is 38.6 Å². The molecule has 5 heteroatoms. The van der Waals surface area contributed by atoms with Gasteiger partial charge in [0, 0.05) is 37.9 Å². The lowest BCUT2D eigenvalue weighted by atomic mass is 9.95. The lowest BCUT2D eigenvalue weighted by Crippen LogP contribution is -2.54. The number of carbonyl (C=O) groups is 2. The molecule has 0 aromatic heterocycles. The topological polar surface area (TPSA) is 69.6 Å². The molecule has 0 saturated carbocycles. The van der Waals surface area contributed by atoms with E-state index in [1.165, 1.54) is 0 Å². The van der Waals surface area contributed by atoms with Crippen molar-refractivity contribution in [2.45, 2.75) is 77.9 Å². The van der Waals surface area contributed by atoms with Crippen LogP contribution < -0.4 is 5.32 Å². The van der Waals surface area contributed by atoms with Crippen LogP contribution >= 0.6 is 0 Å².